The lowest BCUT2D eigenvalue weighted by molar-refractivity contribution is 0.102. The second kappa shape index (κ2) is 7.45. The summed E-state index contributed by atoms with van der Waals surface area (Å²) in [6.45, 7) is 1.85. The summed E-state index contributed by atoms with van der Waals surface area (Å²) in [7, 11) is -2.34. The first-order chi connectivity index (χ1) is 13.9. The van der Waals surface area contributed by atoms with Crippen molar-refractivity contribution in [1.29, 1.82) is 0 Å². The number of hydrogen-bond donors (Lipinski definition) is 1. The number of fused-ring (bicyclic) bond motifs is 1. The maximum Gasteiger partial charge on any atom is 0.293 e. The maximum absolute atomic E-state index is 13.2. The number of rotatable bonds is 5. The Morgan fingerprint density at radius 2 is 1.90 bits per heavy atom. The summed E-state index contributed by atoms with van der Waals surface area (Å²) in [5.74, 6) is 0.221. The lowest BCUT2D eigenvalue weighted by Gasteiger charge is -2.22. The largest absolute Gasteiger partial charge is 0.497 e. The molecule has 2 aromatic carbocycles. The van der Waals surface area contributed by atoms with Crippen LogP contribution in [-0.4, -0.2) is 37.7 Å². The number of amides is 1. The van der Waals surface area contributed by atoms with Crippen molar-refractivity contribution in [2.24, 2.45) is 0 Å². The van der Waals surface area contributed by atoms with Gasteiger partial charge >= 0.3 is 0 Å². The number of hydrogen-bond acceptors (Lipinski definition) is 7. The number of methoxy groups -OCH3 is 1. The molecule has 4 rings (SSSR count). The van der Waals surface area contributed by atoms with Gasteiger partial charge in [0.25, 0.3) is 20.3 Å². The van der Waals surface area contributed by atoms with E-state index in [0.717, 1.165) is 16.9 Å². The van der Waals surface area contributed by atoms with Crippen molar-refractivity contribution >= 4 is 38.1 Å². The van der Waals surface area contributed by atoms with Crippen LogP contribution in [0.4, 0.5) is 10.8 Å². The molecular formula is C19H18N4O4S2. The third-order valence-corrected chi connectivity index (χ3v) is 7.72. The highest BCUT2D eigenvalue weighted by Gasteiger charge is 2.38. The first-order valence-electron chi connectivity index (χ1n) is 8.81. The predicted molar refractivity (Wildman–Crippen MR) is 110 cm³/mol. The molecule has 0 radical (unpaired) electrons. The molecule has 0 saturated heterocycles. The molecule has 0 bridgehead atoms. The van der Waals surface area contributed by atoms with Crippen LogP contribution in [0.25, 0.3) is 0 Å². The van der Waals surface area contributed by atoms with Gasteiger partial charge in [-0.3, -0.25) is 14.4 Å². The summed E-state index contributed by atoms with van der Waals surface area (Å²) in [6.07, 6.45) is 0.634. The molecular weight excluding hydrogens is 412 g/mol. The van der Waals surface area contributed by atoms with Gasteiger partial charge in [-0.05, 0) is 49.2 Å². The number of carbonyl (C=O) groups is 1. The molecule has 1 amide bonds. The Morgan fingerprint density at radius 1 is 1.17 bits per heavy atom. The van der Waals surface area contributed by atoms with Gasteiger partial charge in [0, 0.05) is 11.6 Å². The fraction of sp³-hybridized carbons (Fsp3) is 0.211. The van der Waals surface area contributed by atoms with Crippen molar-refractivity contribution in [2.75, 3.05) is 16.7 Å². The van der Waals surface area contributed by atoms with Crippen LogP contribution in [0.5, 0.6) is 5.75 Å². The third kappa shape index (κ3) is 3.56. The monoisotopic (exact) mass is 430 g/mol. The van der Waals surface area contributed by atoms with Gasteiger partial charge < -0.3 is 4.74 Å². The van der Waals surface area contributed by atoms with Gasteiger partial charge in [-0.2, -0.15) is 8.42 Å². The van der Waals surface area contributed by atoms with E-state index in [-0.39, 0.29) is 15.5 Å². The molecule has 150 valence electrons. The third-order valence-electron chi connectivity index (χ3n) is 4.60. The van der Waals surface area contributed by atoms with Crippen LogP contribution in [-0.2, 0) is 16.4 Å². The summed E-state index contributed by atoms with van der Waals surface area (Å²) in [6, 6.07) is 13.7. The molecule has 0 saturated carbocycles. The maximum atomic E-state index is 13.2. The molecule has 1 N–H and O–H groups in total. The minimum atomic E-state index is -3.88. The van der Waals surface area contributed by atoms with Crippen LogP contribution in [0.1, 0.15) is 22.8 Å². The lowest BCUT2D eigenvalue weighted by atomic mass is 10.1. The molecule has 1 aliphatic heterocycles. The minimum Gasteiger partial charge on any atom is -0.497 e. The molecule has 1 atom stereocenters. The molecule has 8 nitrogen and oxygen atoms in total. The fourth-order valence-corrected chi connectivity index (χ4v) is 5.93. The standard InChI is InChI=1S/C19H18N4O4S2/c1-12-11-14-5-3-4-6-16(14)23(12)29(25,26)19-22-21-18(28-19)20-17(24)13-7-9-15(27-2)10-8-13/h3-10,12H,11H2,1-2H3,(H,20,21,24)/t12-/m0/s1. The number of benzene rings is 2. The molecule has 1 aromatic heterocycles. The highest BCUT2D eigenvalue weighted by molar-refractivity contribution is 7.94. The molecule has 2 heterocycles. The number of sulfonamides is 1. The number of nitrogens with one attached hydrogen (secondary N) is 1. The van der Waals surface area contributed by atoms with E-state index in [9.17, 15) is 13.2 Å². The summed E-state index contributed by atoms with van der Waals surface area (Å²) in [5.41, 5.74) is 2.02. The average Bonchev–Trinajstić information content (AvgIpc) is 3.32. The smallest absolute Gasteiger partial charge is 0.293 e. The number of para-hydroxylation sites is 1. The van der Waals surface area contributed by atoms with E-state index in [1.807, 2.05) is 19.1 Å². The van der Waals surface area contributed by atoms with Crippen LogP contribution in [0.2, 0.25) is 0 Å². The normalized spacial score (nSPS) is 15.8. The number of aromatic nitrogens is 2. The van der Waals surface area contributed by atoms with E-state index >= 15 is 0 Å². The summed E-state index contributed by atoms with van der Waals surface area (Å²) in [4.78, 5) is 12.4. The van der Waals surface area contributed by atoms with Crippen molar-refractivity contribution < 1.29 is 17.9 Å². The molecule has 0 fully saturated rings. The van der Waals surface area contributed by atoms with E-state index in [1.54, 1.807) is 36.4 Å². The van der Waals surface area contributed by atoms with Gasteiger partial charge in [-0.25, -0.2) is 0 Å². The molecule has 0 unspecified atom stereocenters. The predicted octanol–water partition coefficient (Wildman–Crippen LogP) is 2.94. The Labute approximate surface area is 172 Å². The summed E-state index contributed by atoms with van der Waals surface area (Å²) in [5, 5.41) is 10.4. The summed E-state index contributed by atoms with van der Waals surface area (Å²) < 4.78 is 32.6. The first kappa shape index (κ1) is 19.3. The van der Waals surface area contributed by atoms with Crippen molar-refractivity contribution in [1.82, 2.24) is 10.2 Å². The molecule has 29 heavy (non-hydrogen) atoms. The molecule has 0 aliphatic carbocycles. The number of carbonyl (C=O) groups excluding carboxylic acids is 1. The van der Waals surface area contributed by atoms with Crippen LogP contribution in [0.15, 0.2) is 52.9 Å². The van der Waals surface area contributed by atoms with Gasteiger partial charge in [0.1, 0.15) is 5.75 Å². The van der Waals surface area contributed by atoms with E-state index in [1.165, 1.54) is 11.4 Å². The van der Waals surface area contributed by atoms with Crippen molar-refractivity contribution in [3.63, 3.8) is 0 Å². The second-order valence-electron chi connectivity index (χ2n) is 6.54. The van der Waals surface area contributed by atoms with Gasteiger partial charge in [0.05, 0.1) is 12.8 Å². The van der Waals surface area contributed by atoms with E-state index < -0.39 is 15.9 Å². The second-order valence-corrected chi connectivity index (χ2v) is 9.50. The minimum absolute atomic E-state index is 0.115. The van der Waals surface area contributed by atoms with Crippen LogP contribution in [0.3, 0.4) is 0 Å². The summed E-state index contributed by atoms with van der Waals surface area (Å²) >= 11 is 0.826. The van der Waals surface area contributed by atoms with Crippen LogP contribution < -0.4 is 14.4 Å². The highest BCUT2D eigenvalue weighted by Crippen LogP contribution is 2.37. The van der Waals surface area contributed by atoms with Gasteiger partial charge in [-0.1, -0.05) is 29.5 Å². The van der Waals surface area contributed by atoms with Crippen LogP contribution >= 0.6 is 11.3 Å². The van der Waals surface area contributed by atoms with E-state index in [4.69, 9.17) is 4.74 Å². The number of anilines is 2. The van der Waals surface area contributed by atoms with Gasteiger partial charge in [-0.15, -0.1) is 10.2 Å². The van der Waals surface area contributed by atoms with E-state index in [0.29, 0.717) is 23.4 Å². The molecule has 0 spiro atoms. The Bertz CT molecular complexity index is 1160. The molecule has 3 aromatic rings. The van der Waals surface area contributed by atoms with E-state index in [2.05, 4.69) is 15.5 Å². The van der Waals surface area contributed by atoms with Gasteiger partial charge in [0.15, 0.2) is 0 Å². The van der Waals surface area contributed by atoms with Crippen molar-refractivity contribution in [2.45, 2.75) is 23.7 Å². The van der Waals surface area contributed by atoms with Crippen molar-refractivity contribution in [3.05, 3.63) is 59.7 Å². The fourth-order valence-electron chi connectivity index (χ4n) is 3.26. The van der Waals surface area contributed by atoms with Crippen LogP contribution in [0, 0.1) is 0 Å². The topological polar surface area (TPSA) is 101 Å². The number of ether oxygens (including phenoxy) is 1. The van der Waals surface area contributed by atoms with Crippen molar-refractivity contribution in [3.8, 4) is 5.75 Å². The zero-order chi connectivity index (χ0) is 20.6. The Morgan fingerprint density at radius 3 is 2.62 bits per heavy atom. The Balaban J connectivity index is 1.56. The zero-order valence-electron chi connectivity index (χ0n) is 15.7. The average molecular weight is 431 g/mol. The lowest BCUT2D eigenvalue weighted by Crippen LogP contribution is -2.35. The quantitative estimate of drug-likeness (QED) is 0.625. The Kier molecular flexibility index (Phi) is 4.97. The molecule has 10 heteroatoms. The Hall–Kier alpha value is -2.98. The SMILES string of the molecule is COc1ccc(C(=O)Nc2nnc(S(=O)(=O)N3c4ccccc4C[C@@H]3C)s2)cc1. The number of nitrogens with zero attached hydrogens (tertiary/aromatic N) is 3. The zero-order valence-corrected chi connectivity index (χ0v) is 17.3. The first-order valence-corrected chi connectivity index (χ1v) is 11.1. The highest BCUT2D eigenvalue weighted by atomic mass is 32.2. The molecule has 1 aliphatic rings. The van der Waals surface area contributed by atoms with Gasteiger partial charge in [0.2, 0.25) is 5.13 Å².